The average molecular weight is 215 g/mol. The number of rotatable bonds is 2. The number of methoxy groups -OCH3 is 1. The second kappa shape index (κ2) is 3.85. The van der Waals surface area contributed by atoms with Crippen LogP contribution in [0.5, 0.6) is 5.75 Å². The van der Waals surface area contributed by atoms with Crippen LogP contribution in [0.4, 0.5) is 5.69 Å². The molecule has 0 aliphatic carbocycles. The van der Waals surface area contributed by atoms with E-state index in [0.29, 0.717) is 11.3 Å². The lowest BCUT2D eigenvalue weighted by Crippen LogP contribution is -2.00. The molecule has 0 amide bonds. The van der Waals surface area contributed by atoms with Crippen LogP contribution >= 0.6 is 0 Å². The minimum atomic E-state index is -0.0183. The molecule has 16 heavy (non-hydrogen) atoms. The summed E-state index contributed by atoms with van der Waals surface area (Å²) < 4.78 is 5.13. The van der Waals surface area contributed by atoms with Gasteiger partial charge in [-0.3, -0.25) is 4.79 Å². The van der Waals surface area contributed by atoms with Crippen molar-refractivity contribution < 1.29 is 9.53 Å². The van der Waals surface area contributed by atoms with Gasteiger partial charge in [0.1, 0.15) is 5.75 Å². The van der Waals surface area contributed by atoms with Gasteiger partial charge in [0.25, 0.3) is 0 Å². The molecule has 0 aliphatic heterocycles. The van der Waals surface area contributed by atoms with E-state index in [0.717, 1.165) is 16.5 Å². The number of hydrogen-bond acceptors (Lipinski definition) is 3. The predicted molar refractivity (Wildman–Crippen MR) is 64.9 cm³/mol. The highest BCUT2D eigenvalue weighted by Gasteiger charge is 2.08. The lowest BCUT2D eigenvalue weighted by atomic mass is 10.0. The van der Waals surface area contributed by atoms with Gasteiger partial charge in [-0.25, -0.2) is 0 Å². The van der Waals surface area contributed by atoms with Gasteiger partial charge >= 0.3 is 0 Å². The summed E-state index contributed by atoms with van der Waals surface area (Å²) in [4.78, 5) is 11.3. The lowest BCUT2D eigenvalue weighted by molar-refractivity contribution is 0.101. The molecule has 2 N–H and O–H groups in total. The van der Waals surface area contributed by atoms with E-state index in [1.165, 1.54) is 6.92 Å². The average Bonchev–Trinajstić information content (AvgIpc) is 2.28. The molecule has 3 nitrogen and oxygen atoms in total. The number of hydrogen-bond donors (Lipinski definition) is 1. The van der Waals surface area contributed by atoms with Crippen molar-refractivity contribution in [3.05, 3.63) is 35.9 Å². The van der Waals surface area contributed by atoms with Crippen LogP contribution in [0.15, 0.2) is 30.3 Å². The second-order valence-electron chi connectivity index (χ2n) is 3.67. The third-order valence-corrected chi connectivity index (χ3v) is 2.65. The van der Waals surface area contributed by atoms with Gasteiger partial charge in [-0.2, -0.15) is 0 Å². The van der Waals surface area contributed by atoms with E-state index in [1.807, 2.05) is 24.3 Å². The molecule has 2 aromatic carbocycles. The van der Waals surface area contributed by atoms with Crippen LogP contribution in [0, 0.1) is 0 Å². The summed E-state index contributed by atoms with van der Waals surface area (Å²) in [5.41, 5.74) is 7.05. The highest BCUT2D eigenvalue weighted by Crippen LogP contribution is 2.28. The molecule has 3 heteroatoms. The zero-order chi connectivity index (χ0) is 11.7. The van der Waals surface area contributed by atoms with E-state index in [-0.39, 0.29) is 5.78 Å². The SMILES string of the molecule is COc1ccc2c(N)c(C(C)=O)ccc2c1. The summed E-state index contributed by atoms with van der Waals surface area (Å²) in [6, 6.07) is 9.23. The van der Waals surface area contributed by atoms with Crippen LogP contribution in [0.25, 0.3) is 10.8 Å². The number of carbonyl (C=O) groups excluding carboxylic acids is 1. The van der Waals surface area contributed by atoms with Gasteiger partial charge in [-0.05, 0) is 36.6 Å². The van der Waals surface area contributed by atoms with E-state index in [9.17, 15) is 4.79 Å². The molecule has 2 rings (SSSR count). The van der Waals surface area contributed by atoms with Crippen molar-refractivity contribution >= 4 is 22.2 Å². The van der Waals surface area contributed by atoms with Crippen molar-refractivity contribution in [2.45, 2.75) is 6.92 Å². The third-order valence-electron chi connectivity index (χ3n) is 2.65. The first-order valence-electron chi connectivity index (χ1n) is 5.00. The van der Waals surface area contributed by atoms with Crippen LogP contribution in [-0.4, -0.2) is 12.9 Å². The lowest BCUT2D eigenvalue weighted by Gasteiger charge is -2.08. The molecule has 0 fully saturated rings. The molecule has 2 aromatic rings. The Kier molecular flexibility index (Phi) is 2.52. The smallest absolute Gasteiger partial charge is 0.161 e. The maximum atomic E-state index is 11.3. The second-order valence-corrected chi connectivity index (χ2v) is 3.67. The fourth-order valence-electron chi connectivity index (χ4n) is 1.77. The number of ketones is 1. The van der Waals surface area contributed by atoms with Gasteiger partial charge in [0.05, 0.1) is 12.8 Å². The van der Waals surface area contributed by atoms with Crippen molar-refractivity contribution in [2.24, 2.45) is 0 Å². The molecule has 0 atom stereocenters. The van der Waals surface area contributed by atoms with Crippen molar-refractivity contribution in [1.29, 1.82) is 0 Å². The zero-order valence-electron chi connectivity index (χ0n) is 9.28. The Labute approximate surface area is 93.8 Å². The van der Waals surface area contributed by atoms with Crippen LogP contribution in [0.1, 0.15) is 17.3 Å². The molecule has 0 saturated carbocycles. The standard InChI is InChI=1S/C13H13NO2/c1-8(15)11-5-3-9-7-10(16-2)4-6-12(9)13(11)14/h3-7H,14H2,1-2H3. The van der Waals surface area contributed by atoms with Crippen LogP contribution in [0.3, 0.4) is 0 Å². The zero-order valence-corrected chi connectivity index (χ0v) is 9.28. The molecular formula is C13H13NO2. The minimum Gasteiger partial charge on any atom is -0.497 e. The van der Waals surface area contributed by atoms with E-state index in [4.69, 9.17) is 10.5 Å². The van der Waals surface area contributed by atoms with Gasteiger partial charge < -0.3 is 10.5 Å². The van der Waals surface area contributed by atoms with Crippen molar-refractivity contribution in [1.82, 2.24) is 0 Å². The molecule has 0 radical (unpaired) electrons. The van der Waals surface area contributed by atoms with Crippen molar-refractivity contribution in [3.8, 4) is 5.75 Å². The monoisotopic (exact) mass is 215 g/mol. The number of anilines is 1. The normalized spacial score (nSPS) is 10.4. The van der Waals surface area contributed by atoms with E-state index < -0.39 is 0 Å². The van der Waals surface area contributed by atoms with E-state index in [1.54, 1.807) is 13.2 Å². The number of Topliss-reactive ketones (excluding diaryl/α,β-unsaturated/α-hetero) is 1. The molecule has 0 aromatic heterocycles. The number of benzene rings is 2. The van der Waals surface area contributed by atoms with Crippen LogP contribution in [0.2, 0.25) is 0 Å². The van der Waals surface area contributed by atoms with Crippen LogP contribution in [-0.2, 0) is 0 Å². The first-order valence-corrected chi connectivity index (χ1v) is 5.00. The fraction of sp³-hybridized carbons (Fsp3) is 0.154. The quantitative estimate of drug-likeness (QED) is 0.619. The fourth-order valence-corrected chi connectivity index (χ4v) is 1.77. The van der Waals surface area contributed by atoms with Gasteiger partial charge in [0.15, 0.2) is 5.78 Å². The summed E-state index contributed by atoms with van der Waals surface area (Å²) in [5, 5.41) is 1.86. The molecule has 0 saturated heterocycles. The Morgan fingerprint density at radius 3 is 2.62 bits per heavy atom. The number of nitrogen functional groups attached to an aromatic ring is 1. The van der Waals surface area contributed by atoms with E-state index in [2.05, 4.69) is 0 Å². The Bertz CT molecular complexity index is 561. The summed E-state index contributed by atoms with van der Waals surface area (Å²) in [5.74, 6) is 0.762. The largest absolute Gasteiger partial charge is 0.497 e. The first-order chi connectivity index (χ1) is 7.63. The highest BCUT2D eigenvalue weighted by atomic mass is 16.5. The Hall–Kier alpha value is -2.03. The van der Waals surface area contributed by atoms with E-state index >= 15 is 0 Å². The van der Waals surface area contributed by atoms with Gasteiger partial charge in [0, 0.05) is 10.9 Å². The summed E-state index contributed by atoms with van der Waals surface area (Å²) in [6.07, 6.45) is 0. The van der Waals surface area contributed by atoms with Crippen molar-refractivity contribution in [2.75, 3.05) is 12.8 Å². The molecule has 82 valence electrons. The van der Waals surface area contributed by atoms with Crippen LogP contribution < -0.4 is 10.5 Å². The topological polar surface area (TPSA) is 52.3 Å². The first kappa shape index (κ1) is 10.5. The summed E-state index contributed by atoms with van der Waals surface area (Å²) in [6.45, 7) is 1.51. The van der Waals surface area contributed by atoms with Crippen molar-refractivity contribution in [3.63, 3.8) is 0 Å². The van der Waals surface area contributed by atoms with Gasteiger partial charge in [-0.1, -0.05) is 6.07 Å². The number of ether oxygens (including phenoxy) is 1. The number of nitrogens with two attached hydrogens (primary N) is 1. The van der Waals surface area contributed by atoms with Gasteiger partial charge in [-0.15, -0.1) is 0 Å². The Morgan fingerprint density at radius 2 is 2.00 bits per heavy atom. The molecule has 0 heterocycles. The summed E-state index contributed by atoms with van der Waals surface area (Å²) in [7, 11) is 1.62. The summed E-state index contributed by atoms with van der Waals surface area (Å²) >= 11 is 0. The molecule has 0 aliphatic rings. The molecule has 0 unspecified atom stereocenters. The maximum Gasteiger partial charge on any atom is 0.161 e. The van der Waals surface area contributed by atoms with Gasteiger partial charge in [0.2, 0.25) is 0 Å². The number of carbonyl (C=O) groups is 1. The molecule has 0 spiro atoms. The molecular weight excluding hydrogens is 202 g/mol. The highest BCUT2D eigenvalue weighted by molar-refractivity contribution is 6.07. The third kappa shape index (κ3) is 1.60. The Morgan fingerprint density at radius 1 is 1.25 bits per heavy atom. The maximum absolute atomic E-state index is 11.3. The molecule has 0 bridgehead atoms. The predicted octanol–water partition coefficient (Wildman–Crippen LogP) is 2.63. The number of fused-ring (bicyclic) bond motifs is 1. The minimum absolute atomic E-state index is 0.0183. The Balaban J connectivity index is 2.71.